The van der Waals surface area contributed by atoms with E-state index >= 15 is 0 Å². The Kier molecular flexibility index (Phi) is 15.9. The number of aliphatic hydroxyl groups is 9. The van der Waals surface area contributed by atoms with Crippen LogP contribution in [0.5, 0.6) is 0 Å². The predicted octanol–water partition coefficient (Wildman–Crippen LogP) is -3.66. The highest BCUT2D eigenvalue weighted by Gasteiger charge is 2.53. The van der Waals surface area contributed by atoms with E-state index in [2.05, 4.69) is 12.2 Å². The first-order valence-corrected chi connectivity index (χ1v) is 16.0. The lowest BCUT2D eigenvalue weighted by Gasteiger charge is -2.48. The molecule has 270 valence electrons. The Balaban J connectivity index is 1.75. The molecule has 3 saturated heterocycles. The fourth-order valence-corrected chi connectivity index (χ4v) is 5.82. The fourth-order valence-electron chi connectivity index (χ4n) is 5.82. The van der Waals surface area contributed by atoms with Crippen LogP contribution in [-0.4, -0.2) is 170 Å². The predicted molar refractivity (Wildman–Crippen MR) is 155 cm³/mol. The quantitative estimate of drug-likeness (QED) is 0.0709. The normalized spacial score (nSPS) is 42.5. The van der Waals surface area contributed by atoms with Gasteiger partial charge < -0.3 is 79.7 Å². The molecule has 0 saturated carbocycles. The van der Waals surface area contributed by atoms with Gasteiger partial charge >= 0.3 is 0 Å². The second-order valence-corrected chi connectivity index (χ2v) is 12.2. The maximum absolute atomic E-state index is 11.9. The molecular formula is C29H53NO16. The zero-order valence-electron chi connectivity index (χ0n) is 26.5. The number of carbonyl (C=O) groups excluding carboxylic acids is 1. The van der Waals surface area contributed by atoms with E-state index in [1.807, 2.05) is 0 Å². The molecule has 0 spiro atoms. The van der Waals surface area contributed by atoms with Crippen molar-refractivity contribution < 1.29 is 79.2 Å². The topological polar surface area (TPSA) is 267 Å². The summed E-state index contributed by atoms with van der Waals surface area (Å²) in [5.74, 6) is -0.629. The van der Waals surface area contributed by atoms with Gasteiger partial charge in [0.2, 0.25) is 5.91 Å². The van der Waals surface area contributed by atoms with Gasteiger partial charge in [0, 0.05) is 13.5 Å². The van der Waals surface area contributed by atoms with E-state index in [1.54, 1.807) is 0 Å². The number of nitrogens with one attached hydrogen (secondary N) is 1. The monoisotopic (exact) mass is 671 g/mol. The molecular weight excluding hydrogens is 618 g/mol. The lowest BCUT2D eigenvalue weighted by molar-refractivity contribution is -0.372. The summed E-state index contributed by atoms with van der Waals surface area (Å²) < 4.78 is 34.6. The molecule has 1 amide bonds. The average molecular weight is 672 g/mol. The van der Waals surface area contributed by atoms with E-state index < -0.39 is 117 Å². The van der Waals surface area contributed by atoms with Crippen LogP contribution in [0.1, 0.15) is 59.3 Å². The number of hydrogen-bond donors (Lipinski definition) is 10. The first-order chi connectivity index (χ1) is 21.9. The molecule has 3 heterocycles. The van der Waals surface area contributed by atoms with Crippen molar-refractivity contribution in [3.05, 3.63) is 0 Å². The van der Waals surface area contributed by atoms with Crippen LogP contribution in [0.2, 0.25) is 0 Å². The number of unbranched alkanes of at least 4 members (excludes halogenated alkanes) is 5. The number of aliphatic hydroxyl groups excluding tert-OH is 9. The van der Waals surface area contributed by atoms with Crippen LogP contribution in [-0.2, 0) is 33.2 Å². The van der Waals surface area contributed by atoms with Gasteiger partial charge in [-0.3, -0.25) is 4.79 Å². The maximum atomic E-state index is 11.9. The molecule has 0 aliphatic carbocycles. The molecule has 17 nitrogen and oxygen atoms in total. The Morgan fingerprint density at radius 2 is 1.30 bits per heavy atom. The molecule has 3 rings (SSSR count). The first kappa shape index (κ1) is 39.3. The van der Waals surface area contributed by atoms with Crippen molar-refractivity contribution in [3.8, 4) is 0 Å². The molecule has 0 aromatic heterocycles. The second kappa shape index (κ2) is 18.6. The van der Waals surface area contributed by atoms with Crippen LogP contribution in [0.25, 0.3) is 0 Å². The van der Waals surface area contributed by atoms with Crippen molar-refractivity contribution in [1.82, 2.24) is 5.32 Å². The maximum Gasteiger partial charge on any atom is 0.217 e. The molecule has 0 aromatic carbocycles. The summed E-state index contributed by atoms with van der Waals surface area (Å²) in [6.07, 6.45) is -17.1. The zero-order chi connectivity index (χ0) is 34.1. The molecule has 10 N–H and O–H groups in total. The van der Waals surface area contributed by atoms with Gasteiger partial charge in [0.05, 0.1) is 19.3 Å². The molecule has 0 aromatic rings. The lowest BCUT2D eigenvalue weighted by atomic mass is 9.95. The Morgan fingerprint density at radius 1 is 0.717 bits per heavy atom. The van der Waals surface area contributed by atoms with E-state index in [4.69, 9.17) is 28.4 Å². The third-order valence-corrected chi connectivity index (χ3v) is 8.56. The molecule has 1 unspecified atom stereocenters. The lowest BCUT2D eigenvalue weighted by Crippen LogP contribution is -2.68. The average Bonchev–Trinajstić information content (AvgIpc) is 3.02. The zero-order valence-corrected chi connectivity index (χ0v) is 26.5. The minimum atomic E-state index is -1.81. The Labute approximate surface area is 267 Å². The van der Waals surface area contributed by atoms with Crippen molar-refractivity contribution in [2.24, 2.45) is 0 Å². The van der Waals surface area contributed by atoms with Crippen LogP contribution < -0.4 is 5.32 Å². The van der Waals surface area contributed by atoms with E-state index in [-0.39, 0.29) is 6.61 Å². The number of carbonyl (C=O) groups is 1. The third-order valence-electron chi connectivity index (χ3n) is 8.56. The van der Waals surface area contributed by atoms with Crippen molar-refractivity contribution in [2.45, 2.75) is 157 Å². The Bertz CT molecular complexity index is 903. The summed E-state index contributed by atoms with van der Waals surface area (Å²) in [6.45, 7) is 3.44. The fraction of sp³-hybridized carbons (Fsp3) is 0.966. The standard InChI is InChI=1S/C29H53NO16/c1-4-5-6-7-8-9-10-41-28-24(40)21(37)23(39)25(45-28)13(2)42-29-26(22(38)19(35)16(12-32)44-29)46-27-17(30-14(3)33)20(36)18(34)15(11-31)43-27/h13,15-29,31-32,34-40H,4-12H2,1-3H3,(H,30,33)/t13-,15+,16+,17+,18+,19+,20+,21-,22-,23-,24+,25+,26-,27-,28?,29-/m0/s1. The van der Waals surface area contributed by atoms with Gasteiger partial charge in [-0.05, 0) is 13.3 Å². The van der Waals surface area contributed by atoms with E-state index in [9.17, 15) is 50.8 Å². The summed E-state index contributed by atoms with van der Waals surface area (Å²) in [6, 6.07) is -1.40. The van der Waals surface area contributed by atoms with Gasteiger partial charge in [0.1, 0.15) is 73.2 Å². The van der Waals surface area contributed by atoms with Gasteiger partial charge in [-0.1, -0.05) is 39.0 Å². The van der Waals surface area contributed by atoms with Gasteiger partial charge in [0.15, 0.2) is 18.9 Å². The van der Waals surface area contributed by atoms with Crippen LogP contribution in [0, 0.1) is 0 Å². The van der Waals surface area contributed by atoms with Crippen LogP contribution in [0.15, 0.2) is 0 Å². The molecule has 3 fully saturated rings. The van der Waals surface area contributed by atoms with Gasteiger partial charge in [-0.2, -0.15) is 0 Å². The summed E-state index contributed by atoms with van der Waals surface area (Å²) in [4.78, 5) is 11.9. The van der Waals surface area contributed by atoms with Gasteiger partial charge in [0.25, 0.3) is 0 Å². The molecule has 46 heavy (non-hydrogen) atoms. The van der Waals surface area contributed by atoms with Gasteiger partial charge in [-0.15, -0.1) is 0 Å². The van der Waals surface area contributed by atoms with E-state index in [0.29, 0.717) is 6.42 Å². The number of ether oxygens (including phenoxy) is 6. The summed E-state index contributed by atoms with van der Waals surface area (Å²) in [7, 11) is 0. The van der Waals surface area contributed by atoms with Crippen molar-refractivity contribution >= 4 is 5.91 Å². The van der Waals surface area contributed by atoms with Crippen molar-refractivity contribution in [3.63, 3.8) is 0 Å². The summed E-state index contributed by atoms with van der Waals surface area (Å²) in [5, 5.41) is 96.2. The van der Waals surface area contributed by atoms with Crippen molar-refractivity contribution in [1.29, 1.82) is 0 Å². The largest absolute Gasteiger partial charge is 0.394 e. The molecule has 0 bridgehead atoms. The highest BCUT2D eigenvalue weighted by molar-refractivity contribution is 5.73. The summed E-state index contributed by atoms with van der Waals surface area (Å²) >= 11 is 0. The van der Waals surface area contributed by atoms with E-state index in [1.165, 1.54) is 6.92 Å². The SMILES string of the molecule is CCCCCCCCOC1O[C@H]([C@H](C)O[C@H]2O[C@H](CO)[C@@H](O)[C@H](O)[C@@H]2O[C@@H]2O[C@H](CO)[C@@H](O)[C@H](O)[C@H]2NC(C)=O)[C@@H](O)[C@H](O)[C@H]1O. The molecule has 16 atom stereocenters. The Morgan fingerprint density at radius 3 is 1.91 bits per heavy atom. The molecule has 17 heteroatoms. The highest BCUT2D eigenvalue weighted by Crippen LogP contribution is 2.32. The minimum absolute atomic E-state index is 0.231. The summed E-state index contributed by atoms with van der Waals surface area (Å²) in [5.41, 5.74) is 0. The second-order valence-electron chi connectivity index (χ2n) is 12.2. The molecule has 0 radical (unpaired) electrons. The van der Waals surface area contributed by atoms with Crippen LogP contribution >= 0.6 is 0 Å². The minimum Gasteiger partial charge on any atom is -0.394 e. The first-order valence-electron chi connectivity index (χ1n) is 16.0. The van der Waals surface area contributed by atoms with E-state index in [0.717, 1.165) is 39.0 Å². The smallest absolute Gasteiger partial charge is 0.217 e. The highest BCUT2D eigenvalue weighted by atomic mass is 16.8. The number of rotatable bonds is 16. The molecule has 3 aliphatic rings. The van der Waals surface area contributed by atoms with Crippen molar-refractivity contribution in [2.75, 3.05) is 19.8 Å². The number of amides is 1. The van der Waals surface area contributed by atoms with Crippen LogP contribution in [0.4, 0.5) is 0 Å². The number of hydrogen-bond acceptors (Lipinski definition) is 16. The Hall–Kier alpha value is -1.13. The molecule has 3 aliphatic heterocycles. The van der Waals surface area contributed by atoms with Crippen LogP contribution in [0.3, 0.4) is 0 Å². The van der Waals surface area contributed by atoms with Gasteiger partial charge in [-0.25, -0.2) is 0 Å². The third kappa shape index (κ3) is 9.73.